The van der Waals surface area contributed by atoms with Crippen molar-refractivity contribution in [2.45, 2.75) is 30.3 Å². The summed E-state index contributed by atoms with van der Waals surface area (Å²) in [5.74, 6) is -2.01. The average molecular weight is 394 g/mol. The minimum absolute atomic E-state index is 0.00000181. The van der Waals surface area contributed by atoms with Crippen molar-refractivity contribution in [1.82, 2.24) is 4.72 Å². The van der Waals surface area contributed by atoms with Crippen LogP contribution >= 0.6 is 15.9 Å². The van der Waals surface area contributed by atoms with Crippen LogP contribution in [0.5, 0.6) is 0 Å². The lowest BCUT2D eigenvalue weighted by atomic mass is 10.2. The van der Waals surface area contributed by atoms with Gasteiger partial charge in [-0.05, 0) is 28.8 Å². The summed E-state index contributed by atoms with van der Waals surface area (Å²) < 4.78 is 65.8. The molecule has 0 aromatic carbocycles. The van der Waals surface area contributed by atoms with Gasteiger partial charge in [0.15, 0.2) is 4.67 Å². The Morgan fingerprint density at radius 1 is 1.38 bits per heavy atom. The predicted molar refractivity (Wildman–Crippen MR) is 68.5 cm³/mol. The van der Waals surface area contributed by atoms with Crippen LogP contribution in [0.25, 0.3) is 0 Å². The van der Waals surface area contributed by atoms with Crippen molar-refractivity contribution in [3.8, 4) is 0 Å². The predicted octanol–water partition coefficient (Wildman–Crippen LogP) is 2.75. The molecule has 0 fully saturated rings. The third-order valence-corrected chi connectivity index (χ3v) is 4.65. The van der Waals surface area contributed by atoms with Gasteiger partial charge in [-0.3, -0.25) is 0 Å². The number of sulfonamides is 1. The molecule has 0 radical (unpaired) electrons. The Hall–Kier alpha value is -1.07. The van der Waals surface area contributed by atoms with E-state index in [0.29, 0.717) is 0 Å². The first kappa shape index (κ1) is 18.0. The molecule has 1 rings (SSSR count). The number of hydrogen-bond donors (Lipinski definition) is 2. The zero-order chi connectivity index (χ0) is 16.3. The van der Waals surface area contributed by atoms with Gasteiger partial charge in [0.05, 0.1) is 0 Å². The van der Waals surface area contributed by atoms with E-state index in [1.165, 1.54) is 0 Å². The molecule has 0 bridgehead atoms. The molecule has 1 aromatic heterocycles. The first-order valence-electron chi connectivity index (χ1n) is 5.62. The minimum Gasteiger partial charge on any atom is -0.475 e. The quantitative estimate of drug-likeness (QED) is 0.694. The first-order valence-corrected chi connectivity index (χ1v) is 7.89. The van der Waals surface area contributed by atoms with Crippen LogP contribution in [0.2, 0.25) is 0 Å². The van der Waals surface area contributed by atoms with Gasteiger partial charge >= 0.3 is 12.1 Å². The standard InChI is InChI=1S/C10H11BrF3NO5S/c11-8-7(5-6(20-8)9(16)17)21(18,19)15-4-2-1-3-10(12,13)14/h5,15H,1-4H2,(H,16,17). The van der Waals surface area contributed by atoms with Gasteiger partial charge in [-0.1, -0.05) is 0 Å². The highest BCUT2D eigenvalue weighted by Gasteiger charge is 2.27. The molecule has 0 spiro atoms. The number of nitrogens with one attached hydrogen (secondary N) is 1. The summed E-state index contributed by atoms with van der Waals surface area (Å²) in [6.07, 6.45) is -5.48. The largest absolute Gasteiger partial charge is 0.475 e. The molecule has 0 saturated heterocycles. The number of carboxylic acid groups (broad SMARTS) is 1. The smallest absolute Gasteiger partial charge is 0.389 e. The fraction of sp³-hybridized carbons (Fsp3) is 0.500. The molecule has 0 aliphatic carbocycles. The highest BCUT2D eigenvalue weighted by molar-refractivity contribution is 9.10. The summed E-state index contributed by atoms with van der Waals surface area (Å²) >= 11 is 2.77. The zero-order valence-electron chi connectivity index (χ0n) is 10.4. The lowest BCUT2D eigenvalue weighted by Crippen LogP contribution is -2.25. The maximum Gasteiger partial charge on any atom is 0.389 e. The molecule has 0 unspecified atom stereocenters. The third-order valence-electron chi connectivity index (χ3n) is 2.33. The van der Waals surface area contributed by atoms with Crippen molar-refractivity contribution in [3.63, 3.8) is 0 Å². The van der Waals surface area contributed by atoms with E-state index in [1.54, 1.807) is 0 Å². The average Bonchev–Trinajstić information content (AvgIpc) is 2.70. The second-order valence-corrected chi connectivity index (χ2v) is 6.48. The van der Waals surface area contributed by atoms with Crippen LogP contribution in [0.1, 0.15) is 29.8 Å². The van der Waals surface area contributed by atoms with Gasteiger partial charge in [0, 0.05) is 19.0 Å². The summed E-state index contributed by atoms with van der Waals surface area (Å²) in [4.78, 5) is 10.2. The molecular weight excluding hydrogens is 383 g/mol. The van der Waals surface area contributed by atoms with Crippen LogP contribution < -0.4 is 4.72 Å². The van der Waals surface area contributed by atoms with Gasteiger partial charge in [0.25, 0.3) is 0 Å². The zero-order valence-corrected chi connectivity index (χ0v) is 12.8. The molecule has 0 aliphatic heterocycles. The van der Waals surface area contributed by atoms with E-state index in [-0.39, 0.29) is 24.1 Å². The van der Waals surface area contributed by atoms with Crippen molar-refractivity contribution in [2.24, 2.45) is 0 Å². The van der Waals surface area contributed by atoms with E-state index < -0.39 is 39.2 Å². The summed E-state index contributed by atoms with van der Waals surface area (Å²) in [7, 11) is -4.05. The van der Waals surface area contributed by atoms with Crippen LogP contribution in [0.3, 0.4) is 0 Å². The number of carboxylic acids is 1. The molecule has 0 atom stereocenters. The Labute approximate surface area is 126 Å². The van der Waals surface area contributed by atoms with Crippen LogP contribution in [0.15, 0.2) is 20.0 Å². The Kier molecular flexibility index (Phi) is 5.82. The third kappa shape index (κ3) is 5.67. The van der Waals surface area contributed by atoms with Gasteiger partial charge < -0.3 is 9.52 Å². The normalized spacial score (nSPS) is 12.6. The maximum atomic E-state index is 11.9. The number of aromatic carboxylic acids is 1. The summed E-state index contributed by atoms with van der Waals surface area (Å²) in [5.41, 5.74) is 0. The number of halogens is 4. The van der Waals surface area contributed by atoms with Crippen molar-refractivity contribution in [3.05, 3.63) is 16.5 Å². The minimum atomic E-state index is -4.27. The topological polar surface area (TPSA) is 96.6 Å². The van der Waals surface area contributed by atoms with Gasteiger partial charge in [-0.2, -0.15) is 13.2 Å². The Morgan fingerprint density at radius 3 is 2.48 bits per heavy atom. The van der Waals surface area contributed by atoms with Crippen molar-refractivity contribution in [1.29, 1.82) is 0 Å². The number of rotatable bonds is 7. The summed E-state index contributed by atoms with van der Waals surface area (Å²) in [6, 6.07) is 0.810. The summed E-state index contributed by atoms with van der Waals surface area (Å²) in [5, 5.41) is 8.67. The maximum absolute atomic E-state index is 11.9. The van der Waals surface area contributed by atoms with Crippen LogP contribution in [0, 0.1) is 0 Å². The summed E-state index contributed by atoms with van der Waals surface area (Å²) in [6.45, 7) is -0.196. The van der Waals surface area contributed by atoms with Gasteiger partial charge in [-0.15, -0.1) is 0 Å². The SMILES string of the molecule is O=C(O)c1cc(S(=O)(=O)NCCCCC(F)(F)F)c(Br)o1. The first-order chi connectivity index (χ1) is 9.53. The fourth-order valence-electron chi connectivity index (χ4n) is 1.38. The lowest BCUT2D eigenvalue weighted by molar-refractivity contribution is -0.135. The Morgan fingerprint density at radius 2 is 2.00 bits per heavy atom. The number of alkyl halides is 3. The molecule has 2 N–H and O–H groups in total. The van der Waals surface area contributed by atoms with Gasteiger partial charge in [0.1, 0.15) is 4.90 Å². The lowest BCUT2D eigenvalue weighted by Gasteiger charge is -2.07. The second-order valence-electron chi connectivity index (χ2n) is 4.02. The van der Waals surface area contributed by atoms with E-state index >= 15 is 0 Å². The van der Waals surface area contributed by atoms with Crippen LogP contribution in [-0.2, 0) is 10.0 Å². The van der Waals surface area contributed by atoms with E-state index in [4.69, 9.17) is 5.11 Å². The number of hydrogen-bond acceptors (Lipinski definition) is 4. The highest BCUT2D eigenvalue weighted by Crippen LogP contribution is 2.26. The van der Waals surface area contributed by atoms with Crippen molar-refractivity contribution >= 4 is 31.9 Å². The molecule has 11 heteroatoms. The number of furan rings is 1. The molecule has 1 aromatic rings. The number of unbranched alkanes of at least 4 members (excludes halogenated alkanes) is 1. The molecule has 6 nitrogen and oxygen atoms in total. The van der Waals surface area contributed by atoms with E-state index in [0.717, 1.165) is 6.07 Å². The molecule has 0 amide bonds. The molecule has 0 aliphatic rings. The van der Waals surface area contributed by atoms with Gasteiger partial charge in [-0.25, -0.2) is 17.9 Å². The van der Waals surface area contributed by atoms with E-state index in [9.17, 15) is 26.4 Å². The van der Waals surface area contributed by atoms with Gasteiger partial charge in [0.2, 0.25) is 15.8 Å². The number of carbonyl (C=O) groups is 1. The van der Waals surface area contributed by atoms with Crippen LogP contribution in [0.4, 0.5) is 13.2 Å². The molecule has 21 heavy (non-hydrogen) atoms. The van der Waals surface area contributed by atoms with Crippen molar-refractivity contribution in [2.75, 3.05) is 6.54 Å². The molecule has 0 saturated carbocycles. The second kappa shape index (κ2) is 6.79. The van der Waals surface area contributed by atoms with Crippen molar-refractivity contribution < 1.29 is 35.9 Å². The Balaban J connectivity index is 2.60. The highest BCUT2D eigenvalue weighted by atomic mass is 79.9. The van der Waals surface area contributed by atoms with E-state index in [1.807, 2.05) is 0 Å². The monoisotopic (exact) mass is 393 g/mol. The molecule has 1 heterocycles. The molecular formula is C10H11BrF3NO5S. The Bertz CT molecular complexity index is 611. The fourth-order valence-corrected chi connectivity index (χ4v) is 3.39. The van der Waals surface area contributed by atoms with Crippen LogP contribution in [-0.4, -0.2) is 32.2 Å². The molecule has 120 valence electrons. The van der Waals surface area contributed by atoms with E-state index in [2.05, 4.69) is 25.1 Å².